The summed E-state index contributed by atoms with van der Waals surface area (Å²) in [4.78, 5) is 6.69. The van der Waals surface area contributed by atoms with Gasteiger partial charge in [0.2, 0.25) is 0 Å². The third kappa shape index (κ3) is 2.14. The Kier molecular flexibility index (Phi) is 3.71. The molecule has 0 saturated heterocycles. The fraction of sp³-hybridized carbons (Fsp3) is 0.316. The smallest absolute Gasteiger partial charge is 0.259 e. The molecule has 2 aromatic carbocycles. The van der Waals surface area contributed by atoms with Gasteiger partial charge in [0, 0.05) is 12.7 Å². The summed E-state index contributed by atoms with van der Waals surface area (Å²) in [5.41, 5.74) is 4.41. The van der Waals surface area contributed by atoms with E-state index >= 15 is 0 Å². The molecule has 124 valence electrons. The van der Waals surface area contributed by atoms with Gasteiger partial charge in [0.1, 0.15) is 12.0 Å². The lowest BCUT2D eigenvalue weighted by atomic mass is 10.0. The van der Waals surface area contributed by atoms with Gasteiger partial charge < -0.3 is 9.80 Å². The van der Waals surface area contributed by atoms with Crippen LogP contribution in [0.4, 0.5) is 31.5 Å². The Labute approximate surface area is 140 Å². The third-order valence-corrected chi connectivity index (χ3v) is 4.85. The average molecular weight is 327 g/mol. The van der Waals surface area contributed by atoms with Crippen molar-refractivity contribution >= 4 is 22.7 Å². The zero-order valence-corrected chi connectivity index (χ0v) is 14.4. The number of anilines is 3. The second-order valence-corrected chi connectivity index (χ2v) is 6.34. The number of rotatable bonds is 1. The fourth-order valence-electron chi connectivity index (χ4n) is 3.37. The molecule has 0 unspecified atom stereocenters. The molecule has 24 heavy (non-hydrogen) atoms. The van der Waals surface area contributed by atoms with E-state index in [9.17, 15) is 8.78 Å². The molecule has 0 saturated carbocycles. The maximum Gasteiger partial charge on any atom is 0.259 e. The van der Waals surface area contributed by atoms with Crippen molar-refractivity contribution in [1.29, 1.82) is 0 Å². The molecule has 2 aromatic rings. The molecule has 0 bridgehead atoms. The number of nitrogens with zero attached hydrogens (tertiary/aromatic N) is 3. The number of benzene rings is 2. The molecule has 5 heteroatoms. The molecule has 0 amide bonds. The molecule has 1 heterocycles. The molecule has 0 radical (unpaired) electrons. The summed E-state index contributed by atoms with van der Waals surface area (Å²) < 4.78 is 28.9. The average Bonchev–Trinajstić information content (AvgIpc) is 2.75. The Morgan fingerprint density at radius 3 is 2.38 bits per heavy atom. The Bertz CT molecular complexity index is 883. The zero-order chi connectivity index (χ0) is 17.8. The highest BCUT2D eigenvalue weighted by molar-refractivity contribution is 5.87. The second-order valence-electron chi connectivity index (χ2n) is 6.34. The van der Waals surface area contributed by atoms with Crippen molar-refractivity contribution in [2.75, 3.05) is 16.8 Å². The first-order valence-corrected chi connectivity index (χ1v) is 7.77. The summed E-state index contributed by atoms with van der Waals surface area (Å²) in [6.45, 7) is 15.0. The van der Waals surface area contributed by atoms with Gasteiger partial charge >= 0.3 is 0 Å². The van der Waals surface area contributed by atoms with Gasteiger partial charge in [0.25, 0.3) is 5.69 Å². The van der Waals surface area contributed by atoms with Gasteiger partial charge in [-0.3, -0.25) is 0 Å². The molecular formula is C19H19F2N3. The quantitative estimate of drug-likeness (QED) is 0.652. The van der Waals surface area contributed by atoms with Crippen molar-refractivity contribution < 1.29 is 8.78 Å². The van der Waals surface area contributed by atoms with Crippen molar-refractivity contribution in [1.82, 2.24) is 0 Å². The minimum absolute atomic E-state index is 0.185. The van der Waals surface area contributed by atoms with Gasteiger partial charge in [-0.2, -0.15) is 0 Å². The Balaban J connectivity index is 2.31. The minimum Gasteiger partial charge on any atom is -0.351 e. The van der Waals surface area contributed by atoms with Crippen LogP contribution in [0.1, 0.15) is 23.6 Å². The van der Waals surface area contributed by atoms with Crippen LogP contribution in [0.25, 0.3) is 4.85 Å². The number of halogens is 2. The summed E-state index contributed by atoms with van der Waals surface area (Å²) >= 11 is 0. The van der Waals surface area contributed by atoms with E-state index in [1.165, 1.54) is 6.07 Å². The van der Waals surface area contributed by atoms with Crippen molar-refractivity contribution in [2.24, 2.45) is 0 Å². The van der Waals surface area contributed by atoms with Crippen molar-refractivity contribution in [3.05, 3.63) is 57.9 Å². The lowest BCUT2D eigenvalue weighted by Gasteiger charge is -2.30. The first-order valence-electron chi connectivity index (χ1n) is 7.77. The molecule has 3 nitrogen and oxygen atoms in total. The van der Waals surface area contributed by atoms with Gasteiger partial charge in [-0.1, -0.05) is 6.07 Å². The first-order chi connectivity index (χ1) is 11.3. The SMILES string of the molecule is [C-]#[N+]c1c(F)cc2c(c1F)N(C)[C@H](C)N2c1cc(C)cc(C)c1C. The van der Waals surface area contributed by atoms with Crippen LogP contribution >= 0.6 is 0 Å². The van der Waals surface area contributed by atoms with Gasteiger partial charge in [-0.05, 0) is 56.5 Å². The highest BCUT2D eigenvalue weighted by Gasteiger charge is 2.37. The topological polar surface area (TPSA) is 10.8 Å². The van der Waals surface area contributed by atoms with Gasteiger partial charge in [0.15, 0.2) is 5.82 Å². The first kappa shape index (κ1) is 16.3. The molecule has 0 fully saturated rings. The molecular weight excluding hydrogens is 308 g/mol. The molecule has 0 aliphatic carbocycles. The molecule has 1 aliphatic rings. The number of fused-ring (bicyclic) bond motifs is 1. The van der Waals surface area contributed by atoms with Crippen LogP contribution in [0.5, 0.6) is 0 Å². The summed E-state index contributed by atoms with van der Waals surface area (Å²) in [6.07, 6.45) is -0.185. The van der Waals surface area contributed by atoms with Gasteiger partial charge in [0.05, 0.1) is 17.9 Å². The van der Waals surface area contributed by atoms with E-state index in [0.29, 0.717) is 5.69 Å². The summed E-state index contributed by atoms with van der Waals surface area (Å²) in [7, 11) is 1.76. The van der Waals surface area contributed by atoms with Crippen LogP contribution in [-0.2, 0) is 0 Å². The van der Waals surface area contributed by atoms with Gasteiger partial charge in [-0.25, -0.2) is 13.6 Å². The van der Waals surface area contributed by atoms with E-state index in [-0.39, 0.29) is 11.9 Å². The van der Waals surface area contributed by atoms with Crippen molar-refractivity contribution in [3.63, 3.8) is 0 Å². The Morgan fingerprint density at radius 2 is 1.75 bits per heavy atom. The van der Waals surface area contributed by atoms with Crippen molar-refractivity contribution in [2.45, 2.75) is 33.9 Å². The van der Waals surface area contributed by atoms with Crippen LogP contribution < -0.4 is 9.80 Å². The molecule has 1 atom stereocenters. The molecule has 1 aliphatic heterocycles. The lowest BCUT2D eigenvalue weighted by Crippen LogP contribution is -2.36. The standard InChI is InChI=1S/C19H19F2N3/c1-10-7-11(2)12(3)15(8-10)24-13(4)23(6)19-16(24)9-14(20)18(22-5)17(19)21/h7-9,13H,1-4,6H3/t13-/m0/s1. The predicted molar refractivity (Wildman–Crippen MR) is 93.3 cm³/mol. The Hall–Kier alpha value is -2.61. The third-order valence-electron chi connectivity index (χ3n) is 4.85. The van der Waals surface area contributed by atoms with Crippen LogP contribution in [0.15, 0.2) is 18.2 Å². The van der Waals surface area contributed by atoms with Crippen LogP contribution in [-0.4, -0.2) is 13.2 Å². The van der Waals surface area contributed by atoms with E-state index in [1.54, 1.807) is 11.9 Å². The highest BCUT2D eigenvalue weighted by Crippen LogP contribution is 2.49. The molecule has 0 aromatic heterocycles. The number of hydrogen-bond acceptors (Lipinski definition) is 2. The summed E-state index contributed by atoms with van der Waals surface area (Å²) in [5.74, 6) is -1.62. The van der Waals surface area contributed by atoms with E-state index in [1.807, 2.05) is 38.7 Å². The fourth-order valence-corrected chi connectivity index (χ4v) is 3.37. The van der Waals surface area contributed by atoms with E-state index in [0.717, 1.165) is 22.4 Å². The Morgan fingerprint density at radius 1 is 1.08 bits per heavy atom. The van der Waals surface area contributed by atoms with Crippen LogP contribution in [0, 0.1) is 39.0 Å². The summed E-state index contributed by atoms with van der Waals surface area (Å²) in [5, 5.41) is 0. The molecule has 0 spiro atoms. The number of aryl methyl sites for hydroxylation is 2. The summed E-state index contributed by atoms with van der Waals surface area (Å²) in [6, 6.07) is 5.39. The van der Waals surface area contributed by atoms with Gasteiger partial charge in [-0.15, -0.1) is 0 Å². The normalized spacial score (nSPS) is 16.3. The maximum absolute atomic E-state index is 14.7. The van der Waals surface area contributed by atoms with Crippen molar-refractivity contribution in [3.8, 4) is 0 Å². The maximum atomic E-state index is 14.7. The lowest BCUT2D eigenvalue weighted by molar-refractivity contribution is 0.594. The monoisotopic (exact) mass is 327 g/mol. The zero-order valence-electron chi connectivity index (χ0n) is 14.4. The van der Waals surface area contributed by atoms with Crippen LogP contribution in [0.2, 0.25) is 0 Å². The number of hydrogen-bond donors (Lipinski definition) is 0. The van der Waals surface area contributed by atoms with E-state index in [2.05, 4.69) is 10.9 Å². The van der Waals surface area contributed by atoms with E-state index in [4.69, 9.17) is 6.57 Å². The predicted octanol–water partition coefficient (Wildman–Crippen LogP) is 5.37. The second kappa shape index (κ2) is 5.48. The largest absolute Gasteiger partial charge is 0.351 e. The van der Waals surface area contributed by atoms with Crippen LogP contribution in [0.3, 0.4) is 0 Å². The highest BCUT2D eigenvalue weighted by atomic mass is 19.1. The minimum atomic E-state index is -0.823. The molecule has 0 N–H and O–H groups in total. The molecule has 3 rings (SSSR count). The van der Waals surface area contributed by atoms with E-state index < -0.39 is 17.3 Å².